The lowest BCUT2D eigenvalue weighted by molar-refractivity contribution is 0.206. The smallest absolute Gasteiger partial charge is 0.241 e. The monoisotopic (exact) mass is 319 g/mol. The van der Waals surface area contributed by atoms with Crippen LogP contribution < -0.4 is 10.0 Å². The van der Waals surface area contributed by atoms with E-state index in [-0.39, 0.29) is 11.5 Å². The van der Waals surface area contributed by atoms with Crippen molar-refractivity contribution >= 4 is 20.8 Å². The Bertz CT molecular complexity index is 782. The fraction of sp³-hybridized carbons (Fsp3) is 0.438. The molecule has 6 heteroatoms. The van der Waals surface area contributed by atoms with Crippen molar-refractivity contribution in [2.24, 2.45) is 5.41 Å². The second-order valence-electron chi connectivity index (χ2n) is 6.48. The van der Waals surface area contributed by atoms with Gasteiger partial charge in [-0.15, -0.1) is 0 Å². The highest BCUT2D eigenvalue weighted by molar-refractivity contribution is 7.89. The van der Waals surface area contributed by atoms with Crippen LogP contribution in [0.4, 0.5) is 0 Å². The fourth-order valence-corrected chi connectivity index (χ4v) is 4.64. The van der Waals surface area contributed by atoms with Crippen LogP contribution in [0.3, 0.4) is 0 Å². The number of sulfonamides is 1. The molecule has 0 amide bonds. The first-order valence-corrected chi connectivity index (χ1v) is 8.94. The van der Waals surface area contributed by atoms with Crippen LogP contribution in [0.15, 0.2) is 41.6 Å². The minimum Gasteiger partial charge on any atom is -0.316 e. The Kier molecular flexibility index (Phi) is 3.92. The lowest BCUT2D eigenvalue weighted by atomic mass is 9.81. The normalized spacial score (nSPS) is 21.8. The molecule has 1 aromatic carbocycles. The standard InChI is InChI=1S/C16H21N3O2S/c1-16(2)11-18-9-7-15(16)19-22(20,21)14-5-3-4-12-10-17-8-6-13(12)14/h3-6,8,10,15,18-19H,7,9,11H2,1-2H3. The molecule has 0 spiro atoms. The Labute approximate surface area is 131 Å². The van der Waals surface area contributed by atoms with Gasteiger partial charge in [0.05, 0.1) is 4.90 Å². The third kappa shape index (κ3) is 2.86. The summed E-state index contributed by atoms with van der Waals surface area (Å²) in [5.41, 5.74) is -0.114. The highest BCUT2D eigenvalue weighted by Gasteiger charge is 2.35. The molecule has 0 radical (unpaired) electrons. The molecule has 1 aliphatic rings. The van der Waals surface area contributed by atoms with Gasteiger partial charge in [0, 0.05) is 35.8 Å². The van der Waals surface area contributed by atoms with Gasteiger partial charge in [-0.3, -0.25) is 4.98 Å². The first-order valence-electron chi connectivity index (χ1n) is 7.46. The summed E-state index contributed by atoms with van der Waals surface area (Å²) < 4.78 is 28.6. The number of aromatic nitrogens is 1. The maximum absolute atomic E-state index is 12.9. The topological polar surface area (TPSA) is 71.1 Å². The maximum atomic E-state index is 12.9. The molecule has 1 aromatic heterocycles. The van der Waals surface area contributed by atoms with E-state index in [4.69, 9.17) is 0 Å². The van der Waals surface area contributed by atoms with Gasteiger partial charge in [0.15, 0.2) is 0 Å². The summed E-state index contributed by atoms with van der Waals surface area (Å²) in [5.74, 6) is 0. The van der Waals surface area contributed by atoms with Crippen LogP contribution >= 0.6 is 0 Å². The van der Waals surface area contributed by atoms with Gasteiger partial charge in [-0.1, -0.05) is 26.0 Å². The maximum Gasteiger partial charge on any atom is 0.241 e. The van der Waals surface area contributed by atoms with Crippen molar-refractivity contribution in [1.82, 2.24) is 15.0 Å². The Hall–Kier alpha value is -1.50. The fourth-order valence-electron chi connectivity index (χ4n) is 2.97. The van der Waals surface area contributed by atoms with E-state index in [1.54, 1.807) is 30.6 Å². The molecule has 0 bridgehead atoms. The SMILES string of the molecule is CC1(C)CNCCC1NS(=O)(=O)c1cccc2cnccc12. The van der Waals surface area contributed by atoms with Crippen molar-refractivity contribution in [3.05, 3.63) is 36.7 Å². The number of hydrogen-bond acceptors (Lipinski definition) is 4. The molecule has 1 saturated heterocycles. The van der Waals surface area contributed by atoms with Crippen LogP contribution in [0.5, 0.6) is 0 Å². The van der Waals surface area contributed by atoms with Crippen molar-refractivity contribution in [1.29, 1.82) is 0 Å². The number of nitrogens with one attached hydrogen (secondary N) is 2. The number of piperidine rings is 1. The summed E-state index contributed by atoms with van der Waals surface area (Å²) in [7, 11) is -3.56. The highest BCUT2D eigenvalue weighted by Crippen LogP contribution is 2.28. The van der Waals surface area contributed by atoms with Crippen LogP contribution in [0.25, 0.3) is 10.8 Å². The number of rotatable bonds is 3. The Morgan fingerprint density at radius 2 is 2.14 bits per heavy atom. The summed E-state index contributed by atoms with van der Waals surface area (Å²) in [6, 6.07) is 6.95. The average molecular weight is 319 g/mol. The number of nitrogens with zero attached hydrogens (tertiary/aromatic N) is 1. The molecule has 2 heterocycles. The zero-order valence-corrected chi connectivity index (χ0v) is 13.7. The third-order valence-corrected chi connectivity index (χ3v) is 5.89. The largest absolute Gasteiger partial charge is 0.316 e. The van der Waals surface area contributed by atoms with E-state index in [0.29, 0.717) is 10.3 Å². The van der Waals surface area contributed by atoms with E-state index in [1.807, 2.05) is 6.07 Å². The minimum absolute atomic E-state index is 0.0733. The van der Waals surface area contributed by atoms with Crippen molar-refractivity contribution in [3.8, 4) is 0 Å². The molecule has 0 aliphatic carbocycles. The van der Waals surface area contributed by atoms with Gasteiger partial charge in [-0.05, 0) is 30.5 Å². The second kappa shape index (κ2) is 5.61. The number of benzene rings is 1. The van der Waals surface area contributed by atoms with Gasteiger partial charge < -0.3 is 5.32 Å². The van der Waals surface area contributed by atoms with Crippen molar-refractivity contribution in [3.63, 3.8) is 0 Å². The second-order valence-corrected chi connectivity index (χ2v) is 8.16. The van der Waals surface area contributed by atoms with Gasteiger partial charge >= 0.3 is 0 Å². The van der Waals surface area contributed by atoms with E-state index in [9.17, 15) is 8.42 Å². The van der Waals surface area contributed by atoms with E-state index < -0.39 is 10.0 Å². The number of fused-ring (bicyclic) bond motifs is 1. The molecular formula is C16H21N3O2S. The molecule has 1 aliphatic heterocycles. The summed E-state index contributed by atoms with van der Waals surface area (Å²) in [6.07, 6.45) is 4.09. The zero-order valence-electron chi connectivity index (χ0n) is 12.8. The van der Waals surface area contributed by atoms with E-state index >= 15 is 0 Å². The lowest BCUT2D eigenvalue weighted by Crippen LogP contribution is -2.54. The molecule has 0 saturated carbocycles. The molecule has 118 valence electrons. The Morgan fingerprint density at radius 3 is 2.91 bits per heavy atom. The van der Waals surface area contributed by atoms with Crippen LogP contribution in [-0.4, -0.2) is 32.5 Å². The average Bonchev–Trinajstić information content (AvgIpc) is 2.48. The first kappa shape index (κ1) is 15.4. The van der Waals surface area contributed by atoms with Crippen LogP contribution in [0.1, 0.15) is 20.3 Å². The summed E-state index contributed by atoms with van der Waals surface area (Å²) in [4.78, 5) is 4.37. The van der Waals surface area contributed by atoms with Crippen molar-refractivity contribution in [2.75, 3.05) is 13.1 Å². The van der Waals surface area contributed by atoms with Gasteiger partial charge in [0.25, 0.3) is 0 Å². The Balaban J connectivity index is 1.98. The Morgan fingerprint density at radius 1 is 1.32 bits per heavy atom. The van der Waals surface area contributed by atoms with E-state index in [1.165, 1.54) is 0 Å². The van der Waals surface area contributed by atoms with Gasteiger partial charge in [-0.25, -0.2) is 13.1 Å². The molecule has 1 fully saturated rings. The molecule has 5 nitrogen and oxygen atoms in total. The predicted octanol–water partition coefficient (Wildman–Crippen LogP) is 1.90. The van der Waals surface area contributed by atoms with Crippen LogP contribution in [-0.2, 0) is 10.0 Å². The van der Waals surface area contributed by atoms with Gasteiger partial charge in [0.1, 0.15) is 0 Å². The molecule has 3 rings (SSSR count). The molecule has 2 N–H and O–H groups in total. The number of hydrogen-bond donors (Lipinski definition) is 2. The van der Waals surface area contributed by atoms with Gasteiger partial charge in [-0.2, -0.15) is 0 Å². The molecule has 1 unspecified atom stereocenters. The van der Waals surface area contributed by atoms with Crippen LogP contribution in [0, 0.1) is 5.41 Å². The highest BCUT2D eigenvalue weighted by atomic mass is 32.2. The first-order chi connectivity index (χ1) is 10.4. The van der Waals surface area contributed by atoms with Crippen LogP contribution in [0.2, 0.25) is 0 Å². The minimum atomic E-state index is -3.56. The number of pyridine rings is 1. The van der Waals surface area contributed by atoms with Crippen molar-refractivity contribution < 1.29 is 8.42 Å². The van der Waals surface area contributed by atoms with Gasteiger partial charge in [0.2, 0.25) is 10.0 Å². The van der Waals surface area contributed by atoms with E-state index in [2.05, 4.69) is 28.9 Å². The predicted molar refractivity (Wildman–Crippen MR) is 87.1 cm³/mol. The molecular weight excluding hydrogens is 298 g/mol. The quantitative estimate of drug-likeness (QED) is 0.906. The summed E-state index contributed by atoms with van der Waals surface area (Å²) >= 11 is 0. The van der Waals surface area contributed by atoms with Crippen molar-refractivity contribution in [2.45, 2.75) is 31.2 Å². The molecule has 2 aromatic rings. The molecule has 1 atom stereocenters. The summed E-state index contributed by atoms with van der Waals surface area (Å²) in [5, 5.41) is 4.85. The third-order valence-electron chi connectivity index (χ3n) is 4.36. The zero-order chi connectivity index (χ0) is 15.8. The lowest BCUT2D eigenvalue weighted by Gasteiger charge is -2.39. The summed E-state index contributed by atoms with van der Waals surface area (Å²) in [6.45, 7) is 5.80. The molecule has 22 heavy (non-hydrogen) atoms. The van der Waals surface area contributed by atoms with E-state index in [0.717, 1.165) is 24.9 Å².